The summed E-state index contributed by atoms with van der Waals surface area (Å²) in [5, 5.41) is 7.38. The first kappa shape index (κ1) is 16.3. The van der Waals surface area contributed by atoms with E-state index in [1.54, 1.807) is 0 Å². The van der Waals surface area contributed by atoms with Crippen molar-refractivity contribution >= 4 is 0 Å². The van der Waals surface area contributed by atoms with Crippen molar-refractivity contribution < 1.29 is 4.74 Å². The van der Waals surface area contributed by atoms with Crippen molar-refractivity contribution in [1.29, 1.82) is 0 Å². The molecule has 2 fully saturated rings. The molecule has 2 aliphatic rings. The van der Waals surface area contributed by atoms with E-state index in [4.69, 9.17) is 4.74 Å². The van der Waals surface area contributed by atoms with E-state index < -0.39 is 0 Å². The van der Waals surface area contributed by atoms with Crippen LogP contribution in [0.5, 0.6) is 0 Å². The Morgan fingerprint density at radius 1 is 1.25 bits per heavy atom. The Balaban J connectivity index is 1.73. The summed E-state index contributed by atoms with van der Waals surface area (Å²) in [6, 6.07) is 1.12. The fourth-order valence-electron chi connectivity index (χ4n) is 4.12. The molecular formula is C17H34N2O. The zero-order chi connectivity index (χ0) is 14.4. The second-order valence-corrected chi connectivity index (χ2v) is 7.55. The van der Waals surface area contributed by atoms with Crippen LogP contribution in [0.25, 0.3) is 0 Å². The fourth-order valence-corrected chi connectivity index (χ4v) is 4.12. The molecule has 3 heteroatoms. The van der Waals surface area contributed by atoms with Gasteiger partial charge in [0.15, 0.2) is 0 Å². The lowest BCUT2D eigenvalue weighted by Crippen LogP contribution is -2.46. The highest BCUT2D eigenvalue weighted by molar-refractivity contribution is 4.88. The molecule has 2 N–H and O–H groups in total. The lowest BCUT2D eigenvalue weighted by atomic mass is 9.78. The highest BCUT2D eigenvalue weighted by atomic mass is 16.5. The minimum atomic E-state index is 0.538. The van der Waals surface area contributed by atoms with Crippen molar-refractivity contribution in [2.45, 2.75) is 71.4 Å². The lowest BCUT2D eigenvalue weighted by molar-refractivity contribution is 0.0704. The largest absolute Gasteiger partial charge is 0.379 e. The third kappa shape index (κ3) is 5.01. The molecule has 20 heavy (non-hydrogen) atoms. The highest BCUT2D eigenvalue weighted by Gasteiger charge is 2.34. The third-order valence-corrected chi connectivity index (χ3v) is 4.97. The number of rotatable bonds is 7. The molecule has 0 aromatic carbocycles. The number of hydrogen-bond donors (Lipinski definition) is 2. The quantitative estimate of drug-likeness (QED) is 0.753. The molecule has 0 radical (unpaired) electrons. The van der Waals surface area contributed by atoms with Crippen LogP contribution in [0.4, 0.5) is 0 Å². The van der Waals surface area contributed by atoms with Gasteiger partial charge in [-0.05, 0) is 43.9 Å². The minimum Gasteiger partial charge on any atom is -0.379 e. The molecule has 0 aromatic heterocycles. The summed E-state index contributed by atoms with van der Waals surface area (Å²) in [5.41, 5.74) is 0.582. The maximum absolute atomic E-state index is 5.54. The number of morpholine rings is 1. The normalized spacial score (nSPS) is 27.9. The average molecular weight is 282 g/mol. The zero-order valence-corrected chi connectivity index (χ0v) is 13.7. The van der Waals surface area contributed by atoms with E-state index in [2.05, 4.69) is 31.4 Å². The molecule has 2 atom stereocenters. The van der Waals surface area contributed by atoms with Gasteiger partial charge in [0.1, 0.15) is 0 Å². The molecule has 1 saturated carbocycles. The fraction of sp³-hybridized carbons (Fsp3) is 1.00. The van der Waals surface area contributed by atoms with Crippen LogP contribution in [0.2, 0.25) is 0 Å². The zero-order valence-electron chi connectivity index (χ0n) is 13.7. The van der Waals surface area contributed by atoms with Gasteiger partial charge in [0.25, 0.3) is 0 Å². The molecule has 0 bridgehead atoms. The Morgan fingerprint density at radius 2 is 2.00 bits per heavy atom. The van der Waals surface area contributed by atoms with Crippen LogP contribution in [-0.4, -0.2) is 38.4 Å². The molecule has 2 rings (SSSR count). The summed E-state index contributed by atoms with van der Waals surface area (Å²) in [5.74, 6) is 0.818. The number of nitrogens with one attached hydrogen (secondary N) is 2. The Bertz CT molecular complexity index is 268. The van der Waals surface area contributed by atoms with Gasteiger partial charge >= 0.3 is 0 Å². The molecule has 1 aliphatic heterocycles. The first-order valence-electron chi connectivity index (χ1n) is 8.64. The van der Waals surface area contributed by atoms with Gasteiger partial charge < -0.3 is 15.4 Å². The van der Waals surface area contributed by atoms with Crippen LogP contribution in [0.1, 0.15) is 59.3 Å². The number of ether oxygens (including phenoxy) is 1. The molecule has 118 valence electrons. The highest BCUT2D eigenvalue weighted by Crippen LogP contribution is 2.42. The molecule has 1 heterocycles. The van der Waals surface area contributed by atoms with Crippen LogP contribution >= 0.6 is 0 Å². The van der Waals surface area contributed by atoms with Gasteiger partial charge in [-0.1, -0.05) is 26.7 Å². The molecular weight excluding hydrogens is 248 g/mol. The summed E-state index contributed by atoms with van der Waals surface area (Å²) in [6.45, 7) is 11.0. The average Bonchev–Trinajstić information content (AvgIpc) is 2.86. The Hall–Kier alpha value is -0.120. The minimum absolute atomic E-state index is 0.538. The SMILES string of the molecule is CC(C)CC1(CNC(C)CC2COCCN2)CCCC1. The van der Waals surface area contributed by atoms with Gasteiger partial charge in [0.2, 0.25) is 0 Å². The van der Waals surface area contributed by atoms with E-state index in [0.29, 0.717) is 17.5 Å². The maximum atomic E-state index is 5.54. The summed E-state index contributed by atoms with van der Waals surface area (Å²) < 4.78 is 5.54. The number of hydrogen-bond acceptors (Lipinski definition) is 3. The lowest BCUT2D eigenvalue weighted by Gasteiger charge is -2.34. The summed E-state index contributed by atoms with van der Waals surface area (Å²) in [4.78, 5) is 0. The topological polar surface area (TPSA) is 33.3 Å². The maximum Gasteiger partial charge on any atom is 0.0620 e. The van der Waals surface area contributed by atoms with Crippen LogP contribution in [0.15, 0.2) is 0 Å². The second kappa shape index (κ2) is 7.77. The van der Waals surface area contributed by atoms with Crippen LogP contribution in [0, 0.1) is 11.3 Å². The van der Waals surface area contributed by atoms with E-state index in [9.17, 15) is 0 Å². The van der Waals surface area contributed by atoms with Gasteiger partial charge in [-0.2, -0.15) is 0 Å². The first-order chi connectivity index (χ1) is 9.60. The van der Waals surface area contributed by atoms with E-state index in [1.807, 2.05) is 0 Å². The monoisotopic (exact) mass is 282 g/mol. The first-order valence-corrected chi connectivity index (χ1v) is 8.64. The van der Waals surface area contributed by atoms with Gasteiger partial charge in [0.05, 0.1) is 13.2 Å². The van der Waals surface area contributed by atoms with E-state index in [1.165, 1.54) is 45.1 Å². The summed E-state index contributed by atoms with van der Waals surface area (Å²) in [7, 11) is 0. The Labute approximate surface area is 125 Å². The van der Waals surface area contributed by atoms with Crippen molar-refractivity contribution in [3.05, 3.63) is 0 Å². The Kier molecular flexibility index (Phi) is 6.31. The molecule has 3 nitrogen and oxygen atoms in total. The van der Waals surface area contributed by atoms with Crippen molar-refractivity contribution in [3.8, 4) is 0 Å². The van der Waals surface area contributed by atoms with Gasteiger partial charge in [-0.15, -0.1) is 0 Å². The van der Waals surface area contributed by atoms with E-state index in [0.717, 1.165) is 25.7 Å². The molecule has 0 spiro atoms. The predicted molar refractivity (Wildman–Crippen MR) is 85.0 cm³/mol. The van der Waals surface area contributed by atoms with Gasteiger partial charge in [0, 0.05) is 25.2 Å². The van der Waals surface area contributed by atoms with Crippen LogP contribution in [0.3, 0.4) is 0 Å². The Morgan fingerprint density at radius 3 is 2.60 bits per heavy atom. The molecule has 2 unspecified atom stereocenters. The predicted octanol–water partition coefficient (Wildman–Crippen LogP) is 2.95. The summed E-state index contributed by atoms with van der Waals surface area (Å²) >= 11 is 0. The van der Waals surface area contributed by atoms with E-state index in [-0.39, 0.29) is 0 Å². The van der Waals surface area contributed by atoms with Crippen LogP contribution < -0.4 is 10.6 Å². The van der Waals surface area contributed by atoms with Gasteiger partial charge in [-0.3, -0.25) is 0 Å². The summed E-state index contributed by atoms with van der Waals surface area (Å²) in [6.07, 6.45) is 8.28. The van der Waals surface area contributed by atoms with E-state index >= 15 is 0 Å². The molecule has 1 aliphatic carbocycles. The third-order valence-electron chi connectivity index (χ3n) is 4.97. The van der Waals surface area contributed by atoms with Crippen LogP contribution in [-0.2, 0) is 4.74 Å². The standard InChI is InChI=1S/C17H34N2O/c1-14(2)11-17(6-4-5-7-17)13-19-15(3)10-16-12-20-9-8-18-16/h14-16,18-19H,4-13H2,1-3H3. The van der Waals surface area contributed by atoms with Gasteiger partial charge in [-0.25, -0.2) is 0 Å². The van der Waals surface area contributed by atoms with Crippen molar-refractivity contribution in [2.24, 2.45) is 11.3 Å². The molecule has 0 aromatic rings. The smallest absolute Gasteiger partial charge is 0.0620 e. The van der Waals surface area contributed by atoms with Crippen molar-refractivity contribution in [3.63, 3.8) is 0 Å². The second-order valence-electron chi connectivity index (χ2n) is 7.55. The van der Waals surface area contributed by atoms with Crippen molar-refractivity contribution in [2.75, 3.05) is 26.3 Å². The molecule has 0 amide bonds. The van der Waals surface area contributed by atoms with Crippen molar-refractivity contribution in [1.82, 2.24) is 10.6 Å². The molecule has 1 saturated heterocycles.